The normalized spacial score (nSPS) is 40.8. The second-order valence-corrected chi connectivity index (χ2v) is 16.3. The van der Waals surface area contributed by atoms with Crippen LogP contribution >= 0.6 is 0 Å². The molecule has 44 heavy (non-hydrogen) atoms. The molecule has 0 spiro atoms. The number of nitrogens with zero attached hydrogens (tertiary/aromatic N) is 3. The number of ketones is 2. The van der Waals surface area contributed by atoms with Crippen molar-refractivity contribution in [3.05, 3.63) is 41.5 Å². The zero-order valence-electron chi connectivity index (χ0n) is 26.7. The van der Waals surface area contributed by atoms with Gasteiger partial charge < -0.3 is 0 Å². The summed E-state index contributed by atoms with van der Waals surface area (Å²) in [7, 11) is 0. The number of fused-ring (bicyclic) bond motifs is 7. The molecule has 6 rings (SSSR count). The average Bonchev–Trinajstić information content (AvgIpc) is 3.42. The van der Waals surface area contributed by atoms with E-state index in [1.807, 2.05) is 13.8 Å². The van der Waals surface area contributed by atoms with E-state index in [4.69, 9.17) is 0 Å². The van der Waals surface area contributed by atoms with Gasteiger partial charge in [-0.2, -0.15) is 18.4 Å². The van der Waals surface area contributed by atoms with Gasteiger partial charge in [0.2, 0.25) is 11.7 Å². The Bertz CT molecular complexity index is 1590. The maximum atomic E-state index is 14.6. The highest BCUT2D eigenvalue weighted by Crippen LogP contribution is 2.74. The van der Waals surface area contributed by atoms with Crippen LogP contribution in [0.25, 0.3) is 0 Å². The summed E-state index contributed by atoms with van der Waals surface area (Å²) in [6, 6.07) is 2.12. The molecule has 5 aliphatic rings. The molecule has 236 valence electrons. The minimum atomic E-state index is -4.78. The first-order chi connectivity index (χ1) is 20.2. The summed E-state index contributed by atoms with van der Waals surface area (Å²) in [6.45, 7) is 14.4. The molecular formula is C35H42F3N3O3. The standard InChI is InChI=1S/C35H42F3N3O3/c1-29(2)10-12-34(28(44)41-15-14-40-27(41)35(36,37)38)13-11-33(7)25(21(34)18-29)22(42)16-24-31(5)17-20(19-39)26(43)30(3,4)23(31)8-9-32(24,33)6/h14-17,21,23,25H,8-13,18H2,1-7H3. The van der Waals surface area contributed by atoms with E-state index in [-0.39, 0.29) is 28.5 Å². The molecule has 0 amide bonds. The fourth-order valence-corrected chi connectivity index (χ4v) is 10.9. The van der Waals surface area contributed by atoms with Crippen LogP contribution in [0.5, 0.6) is 0 Å². The molecule has 6 nitrogen and oxygen atoms in total. The van der Waals surface area contributed by atoms with Crippen LogP contribution in [0.4, 0.5) is 13.2 Å². The molecule has 7 atom stereocenters. The fourth-order valence-electron chi connectivity index (χ4n) is 10.9. The highest BCUT2D eigenvalue weighted by molar-refractivity contribution is 6.04. The van der Waals surface area contributed by atoms with Crippen LogP contribution in [0.15, 0.2) is 35.7 Å². The number of alkyl halides is 3. The number of carbonyl (C=O) groups is 3. The maximum Gasteiger partial charge on any atom is 0.450 e. The highest BCUT2D eigenvalue weighted by atomic mass is 19.4. The topological polar surface area (TPSA) is 92.8 Å². The molecule has 0 N–H and O–H groups in total. The van der Waals surface area contributed by atoms with Gasteiger partial charge in [0.05, 0.1) is 11.0 Å². The van der Waals surface area contributed by atoms with Crippen molar-refractivity contribution in [2.24, 2.45) is 50.2 Å². The zero-order valence-corrected chi connectivity index (χ0v) is 26.7. The molecule has 0 saturated heterocycles. The average molecular weight is 610 g/mol. The van der Waals surface area contributed by atoms with Gasteiger partial charge in [-0.1, -0.05) is 60.1 Å². The molecule has 9 heteroatoms. The molecule has 3 fully saturated rings. The van der Waals surface area contributed by atoms with Gasteiger partial charge in [-0.05, 0) is 79.1 Å². The molecule has 7 unspecified atom stereocenters. The van der Waals surface area contributed by atoms with E-state index < -0.39 is 56.8 Å². The Hall–Kier alpha value is -3.02. The Morgan fingerprint density at radius 1 is 1.02 bits per heavy atom. The van der Waals surface area contributed by atoms with Crippen LogP contribution in [-0.4, -0.2) is 27.0 Å². The van der Waals surface area contributed by atoms with Gasteiger partial charge in [0.25, 0.3) is 0 Å². The molecule has 1 aromatic heterocycles. The van der Waals surface area contributed by atoms with Crippen molar-refractivity contribution in [1.82, 2.24) is 9.55 Å². The SMILES string of the molecule is CC1(C)CCC2(C(=O)n3ccnc3C(F)(F)F)CCC3(C)C(C(=O)C=C4C5(C)C=C(C#N)C(=O)C(C)(C)C5CCC43C)C2C1. The van der Waals surface area contributed by atoms with Crippen LogP contribution < -0.4 is 0 Å². The van der Waals surface area contributed by atoms with Crippen molar-refractivity contribution < 1.29 is 27.6 Å². The van der Waals surface area contributed by atoms with E-state index in [1.165, 1.54) is 0 Å². The fraction of sp³-hybridized carbons (Fsp3) is 0.686. The third kappa shape index (κ3) is 3.78. The van der Waals surface area contributed by atoms with Crippen LogP contribution in [0, 0.1) is 61.6 Å². The van der Waals surface area contributed by atoms with Gasteiger partial charge in [0, 0.05) is 29.1 Å². The van der Waals surface area contributed by atoms with E-state index in [0.29, 0.717) is 36.7 Å². The molecule has 1 aromatic rings. The number of aromatic nitrogens is 2. The van der Waals surface area contributed by atoms with Crippen LogP contribution in [0.1, 0.15) is 104 Å². The number of rotatable bonds is 1. The van der Waals surface area contributed by atoms with Gasteiger partial charge in [-0.15, -0.1) is 0 Å². The monoisotopic (exact) mass is 609 g/mol. The number of allylic oxidation sites excluding steroid dienone is 4. The van der Waals surface area contributed by atoms with Gasteiger partial charge in [0.1, 0.15) is 6.07 Å². The molecule has 0 bridgehead atoms. The number of halogens is 3. The molecule has 0 aromatic carbocycles. The summed E-state index contributed by atoms with van der Waals surface area (Å²) in [4.78, 5) is 45.8. The number of imidazole rings is 1. The Kier molecular flexibility index (Phi) is 6.36. The van der Waals surface area contributed by atoms with E-state index in [9.17, 15) is 32.8 Å². The summed E-state index contributed by atoms with van der Waals surface area (Å²) in [6.07, 6.45) is 4.89. The second kappa shape index (κ2) is 9.04. The van der Waals surface area contributed by atoms with Crippen molar-refractivity contribution >= 4 is 17.5 Å². The van der Waals surface area contributed by atoms with Crippen molar-refractivity contribution in [3.63, 3.8) is 0 Å². The smallest absolute Gasteiger partial charge is 0.295 e. The molecule has 5 aliphatic carbocycles. The zero-order chi connectivity index (χ0) is 32.5. The number of Topliss-reactive ketones (excluding diaryl/α,β-unsaturated/α-hetero) is 1. The predicted octanol–water partition coefficient (Wildman–Crippen LogP) is 7.76. The van der Waals surface area contributed by atoms with E-state index in [0.717, 1.165) is 30.8 Å². The lowest BCUT2D eigenvalue weighted by atomic mass is 9.34. The molecule has 3 saturated carbocycles. The van der Waals surface area contributed by atoms with Crippen molar-refractivity contribution in [2.75, 3.05) is 0 Å². The van der Waals surface area contributed by atoms with Gasteiger partial charge in [-0.3, -0.25) is 19.0 Å². The quantitative estimate of drug-likeness (QED) is 0.324. The first-order valence-electron chi connectivity index (χ1n) is 15.8. The second-order valence-electron chi connectivity index (χ2n) is 16.3. The predicted molar refractivity (Wildman–Crippen MR) is 157 cm³/mol. The Balaban J connectivity index is 1.52. The van der Waals surface area contributed by atoms with E-state index >= 15 is 0 Å². The minimum absolute atomic E-state index is 0.0909. The summed E-state index contributed by atoms with van der Waals surface area (Å²) in [5, 5.41) is 9.92. The lowest BCUT2D eigenvalue weighted by molar-refractivity contribution is -0.165. The maximum absolute atomic E-state index is 14.6. The van der Waals surface area contributed by atoms with Crippen molar-refractivity contribution in [3.8, 4) is 6.07 Å². The third-order valence-electron chi connectivity index (χ3n) is 13.4. The Morgan fingerprint density at radius 3 is 2.32 bits per heavy atom. The Morgan fingerprint density at radius 2 is 1.68 bits per heavy atom. The molecule has 1 heterocycles. The number of nitriles is 1. The lowest BCUT2D eigenvalue weighted by Crippen LogP contribution is -2.66. The third-order valence-corrected chi connectivity index (χ3v) is 13.4. The summed E-state index contributed by atoms with van der Waals surface area (Å²) in [5.41, 5.74) is -2.75. The molecular weight excluding hydrogens is 567 g/mol. The number of hydrogen-bond acceptors (Lipinski definition) is 5. The summed E-state index contributed by atoms with van der Waals surface area (Å²) in [5.74, 6) is -3.17. The molecule has 0 radical (unpaired) electrons. The van der Waals surface area contributed by atoms with Gasteiger partial charge in [0.15, 0.2) is 11.6 Å². The highest BCUT2D eigenvalue weighted by Gasteiger charge is 2.71. The molecule has 0 aliphatic heterocycles. The van der Waals surface area contributed by atoms with Crippen molar-refractivity contribution in [2.45, 2.75) is 99.6 Å². The summed E-state index contributed by atoms with van der Waals surface area (Å²) >= 11 is 0. The number of hydrogen-bond donors (Lipinski definition) is 0. The van der Waals surface area contributed by atoms with Crippen LogP contribution in [-0.2, 0) is 15.8 Å². The van der Waals surface area contributed by atoms with E-state index in [2.05, 4.69) is 45.7 Å². The summed E-state index contributed by atoms with van der Waals surface area (Å²) < 4.78 is 42.5. The van der Waals surface area contributed by atoms with E-state index in [1.54, 1.807) is 12.2 Å². The van der Waals surface area contributed by atoms with Crippen LogP contribution in [0.3, 0.4) is 0 Å². The Labute approximate surface area is 257 Å². The van der Waals surface area contributed by atoms with Crippen LogP contribution in [0.2, 0.25) is 0 Å². The van der Waals surface area contributed by atoms with Crippen molar-refractivity contribution in [1.29, 1.82) is 5.26 Å². The lowest BCUT2D eigenvalue weighted by Gasteiger charge is -2.69. The first kappa shape index (κ1) is 31.0. The first-order valence-corrected chi connectivity index (χ1v) is 15.8. The van der Waals surface area contributed by atoms with Gasteiger partial charge >= 0.3 is 6.18 Å². The van der Waals surface area contributed by atoms with Gasteiger partial charge in [-0.25, -0.2) is 4.98 Å². The largest absolute Gasteiger partial charge is 0.450 e. The number of carbonyl (C=O) groups excluding carboxylic acids is 3. The minimum Gasteiger partial charge on any atom is -0.295 e.